The van der Waals surface area contributed by atoms with E-state index in [9.17, 15) is 0 Å². The van der Waals surface area contributed by atoms with Crippen LogP contribution in [0.1, 0.15) is 6.92 Å². The monoisotopic (exact) mass is 131 g/mol. The molecule has 1 fully saturated rings. The van der Waals surface area contributed by atoms with Gasteiger partial charge in [0, 0.05) is 18.1 Å². The fraction of sp³-hybridized carbons (Fsp3) is 1.00. The van der Waals surface area contributed by atoms with Crippen LogP contribution in [0.5, 0.6) is 0 Å². The second-order valence-corrected chi connectivity index (χ2v) is 3.82. The van der Waals surface area contributed by atoms with Crippen molar-refractivity contribution in [3.8, 4) is 0 Å². The maximum atomic E-state index is 3.20. The molecule has 0 aliphatic carbocycles. The van der Waals surface area contributed by atoms with Crippen molar-refractivity contribution < 1.29 is 0 Å². The third-order valence-electron chi connectivity index (χ3n) is 1.50. The van der Waals surface area contributed by atoms with Crippen molar-refractivity contribution in [1.82, 2.24) is 5.32 Å². The molecule has 0 aromatic rings. The second-order valence-electron chi connectivity index (χ2n) is 2.83. The normalized spacial score (nSPS) is 24.8. The van der Waals surface area contributed by atoms with E-state index in [1.165, 1.54) is 18.1 Å². The van der Waals surface area contributed by atoms with E-state index in [1.807, 2.05) is 18.8 Å². The van der Waals surface area contributed by atoms with E-state index in [1.54, 1.807) is 0 Å². The first-order valence-corrected chi connectivity index (χ1v) is 4.15. The molecule has 0 spiro atoms. The summed E-state index contributed by atoms with van der Waals surface area (Å²) in [7, 11) is 2.02. The van der Waals surface area contributed by atoms with Gasteiger partial charge in [-0.1, -0.05) is 6.92 Å². The molecule has 1 nitrogen and oxygen atoms in total. The van der Waals surface area contributed by atoms with Crippen LogP contribution in [-0.4, -0.2) is 25.1 Å². The van der Waals surface area contributed by atoms with Gasteiger partial charge >= 0.3 is 0 Å². The molecule has 1 aliphatic rings. The first kappa shape index (κ1) is 6.43. The average molecular weight is 131 g/mol. The van der Waals surface area contributed by atoms with E-state index in [4.69, 9.17) is 0 Å². The highest BCUT2D eigenvalue weighted by Crippen LogP contribution is 2.36. The Bertz CT molecular complexity index is 78.6. The Kier molecular flexibility index (Phi) is 1.83. The Balaban J connectivity index is 2.20. The second kappa shape index (κ2) is 2.28. The summed E-state index contributed by atoms with van der Waals surface area (Å²) < 4.78 is 0. The Morgan fingerprint density at radius 2 is 2.25 bits per heavy atom. The molecule has 1 rings (SSSR count). The Morgan fingerprint density at radius 1 is 1.62 bits per heavy atom. The molecule has 2 heteroatoms. The largest absolute Gasteiger partial charge is 0.319 e. The van der Waals surface area contributed by atoms with Gasteiger partial charge < -0.3 is 5.32 Å². The number of nitrogens with one attached hydrogen (secondary N) is 1. The van der Waals surface area contributed by atoms with Crippen molar-refractivity contribution in [2.75, 3.05) is 25.1 Å². The van der Waals surface area contributed by atoms with E-state index in [2.05, 4.69) is 12.2 Å². The molecule has 0 bridgehead atoms. The summed E-state index contributed by atoms with van der Waals surface area (Å²) in [5, 5.41) is 3.20. The molecule has 0 unspecified atom stereocenters. The van der Waals surface area contributed by atoms with E-state index in [0.717, 1.165) is 0 Å². The molecule has 0 radical (unpaired) electrons. The summed E-state index contributed by atoms with van der Waals surface area (Å²) in [6.45, 7) is 3.51. The van der Waals surface area contributed by atoms with E-state index >= 15 is 0 Å². The van der Waals surface area contributed by atoms with E-state index < -0.39 is 0 Å². The molecule has 0 aromatic heterocycles. The number of thioether (sulfide) groups is 1. The van der Waals surface area contributed by atoms with Crippen molar-refractivity contribution in [2.45, 2.75) is 6.92 Å². The van der Waals surface area contributed by atoms with Crippen molar-refractivity contribution in [1.29, 1.82) is 0 Å². The maximum absolute atomic E-state index is 3.20. The van der Waals surface area contributed by atoms with Crippen molar-refractivity contribution >= 4 is 11.8 Å². The molecule has 1 heterocycles. The standard InChI is InChI=1S/C6H13NS/c1-6(3-7-2)4-8-5-6/h7H,3-5H2,1-2H3. The molecular formula is C6H13NS. The van der Waals surface area contributed by atoms with Gasteiger partial charge in [-0.25, -0.2) is 0 Å². The molecule has 8 heavy (non-hydrogen) atoms. The highest BCUT2D eigenvalue weighted by atomic mass is 32.2. The molecule has 1 N–H and O–H groups in total. The average Bonchev–Trinajstić information content (AvgIpc) is 1.64. The minimum Gasteiger partial charge on any atom is -0.319 e. The molecule has 0 aromatic carbocycles. The quantitative estimate of drug-likeness (QED) is 0.599. The van der Waals surface area contributed by atoms with Gasteiger partial charge in [0.2, 0.25) is 0 Å². The topological polar surface area (TPSA) is 12.0 Å². The number of hydrogen-bond donors (Lipinski definition) is 1. The number of rotatable bonds is 2. The molecule has 1 saturated heterocycles. The van der Waals surface area contributed by atoms with Crippen LogP contribution in [0.2, 0.25) is 0 Å². The van der Waals surface area contributed by atoms with Crippen molar-refractivity contribution in [3.63, 3.8) is 0 Å². The molecule has 0 amide bonds. The van der Waals surface area contributed by atoms with Crippen LogP contribution in [0.25, 0.3) is 0 Å². The third kappa shape index (κ3) is 1.17. The summed E-state index contributed by atoms with van der Waals surface area (Å²) in [4.78, 5) is 0. The molecule has 0 saturated carbocycles. The molecule has 1 aliphatic heterocycles. The van der Waals surface area contributed by atoms with Crippen molar-refractivity contribution in [2.24, 2.45) is 5.41 Å². The van der Waals surface area contributed by atoms with Crippen LogP contribution in [0.15, 0.2) is 0 Å². The van der Waals surface area contributed by atoms with Crippen LogP contribution in [-0.2, 0) is 0 Å². The minimum absolute atomic E-state index is 0.624. The lowest BCUT2D eigenvalue weighted by Crippen LogP contribution is -2.40. The lowest BCUT2D eigenvalue weighted by Gasteiger charge is -2.37. The van der Waals surface area contributed by atoms with Gasteiger partial charge in [0.1, 0.15) is 0 Å². The lowest BCUT2D eigenvalue weighted by molar-refractivity contribution is 0.390. The fourth-order valence-corrected chi connectivity index (χ4v) is 2.08. The third-order valence-corrected chi connectivity index (χ3v) is 3.31. The van der Waals surface area contributed by atoms with Gasteiger partial charge in [0.15, 0.2) is 0 Å². The van der Waals surface area contributed by atoms with E-state index in [-0.39, 0.29) is 0 Å². The summed E-state index contributed by atoms with van der Waals surface area (Å²) in [5.41, 5.74) is 0.624. The van der Waals surface area contributed by atoms with Gasteiger partial charge in [-0.05, 0) is 12.5 Å². The first-order chi connectivity index (χ1) is 3.77. The Morgan fingerprint density at radius 3 is 2.38 bits per heavy atom. The highest BCUT2D eigenvalue weighted by Gasteiger charge is 2.31. The Hall–Kier alpha value is 0.310. The maximum Gasteiger partial charge on any atom is 0.00180 e. The zero-order valence-corrected chi connectivity index (χ0v) is 6.35. The smallest absolute Gasteiger partial charge is 0.00180 e. The molecule has 48 valence electrons. The number of hydrogen-bond acceptors (Lipinski definition) is 2. The van der Waals surface area contributed by atoms with Crippen LogP contribution in [0.3, 0.4) is 0 Å². The zero-order chi connectivity index (χ0) is 6.04. The molecular weight excluding hydrogens is 118 g/mol. The summed E-state index contributed by atoms with van der Waals surface area (Å²) in [6.07, 6.45) is 0. The van der Waals surface area contributed by atoms with Crippen LogP contribution < -0.4 is 5.32 Å². The van der Waals surface area contributed by atoms with Crippen molar-refractivity contribution in [3.05, 3.63) is 0 Å². The lowest BCUT2D eigenvalue weighted by atomic mass is 9.95. The predicted molar refractivity (Wildman–Crippen MR) is 39.4 cm³/mol. The highest BCUT2D eigenvalue weighted by molar-refractivity contribution is 8.00. The SMILES string of the molecule is CNCC1(C)CSC1. The van der Waals surface area contributed by atoms with E-state index in [0.29, 0.717) is 5.41 Å². The van der Waals surface area contributed by atoms with Gasteiger partial charge in [0.25, 0.3) is 0 Å². The van der Waals surface area contributed by atoms with Gasteiger partial charge in [-0.15, -0.1) is 0 Å². The summed E-state index contributed by atoms with van der Waals surface area (Å²) in [6, 6.07) is 0. The van der Waals surface area contributed by atoms with Gasteiger partial charge in [-0.2, -0.15) is 11.8 Å². The first-order valence-electron chi connectivity index (χ1n) is 2.99. The van der Waals surface area contributed by atoms with Gasteiger partial charge in [0.05, 0.1) is 0 Å². The van der Waals surface area contributed by atoms with Crippen LogP contribution in [0.4, 0.5) is 0 Å². The predicted octanol–water partition coefficient (Wildman–Crippen LogP) is 0.959. The summed E-state index contributed by atoms with van der Waals surface area (Å²) in [5.74, 6) is 2.68. The summed E-state index contributed by atoms with van der Waals surface area (Å²) >= 11 is 2.04. The minimum atomic E-state index is 0.624. The van der Waals surface area contributed by atoms with Gasteiger partial charge in [-0.3, -0.25) is 0 Å². The van der Waals surface area contributed by atoms with Crippen LogP contribution in [0, 0.1) is 5.41 Å². The fourth-order valence-electron chi connectivity index (χ4n) is 0.979. The Labute approximate surface area is 55.2 Å². The molecule has 0 atom stereocenters. The van der Waals surface area contributed by atoms with Crippen LogP contribution >= 0.6 is 11.8 Å². The zero-order valence-electron chi connectivity index (χ0n) is 5.53.